The van der Waals surface area contributed by atoms with Gasteiger partial charge in [-0.05, 0) is 43.4 Å². The number of hydrogen-bond donors (Lipinski definition) is 1. The fourth-order valence-corrected chi connectivity index (χ4v) is 3.22. The second-order valence-corrected chi connectivity index (χ2v) is 5.65. The Morgan fingerprint density at radius 3 is 2.61 bits per heavy atom. The molecule has 1 fully saturated rings. The lowest BCUT2D eigenvalue weighted by Crippen LogP contribution is -2.44. The van der Waals surface area contributed by atoms with Crippen LogP contribution in [0, 0.1) is 12.8 Å². The Labute approximate surface area is 111 Å². The molecule has 18 heavy (non-hydrogen) atoms. The van der Waals surface area contributed by atoms with E-state index in [1.807, 2.05) is 0 Å². The van der Waals surface area contributed by atoms with Gasteiger partial charge in [-0.3, -0.25) is 0 Å². The van der Waals surface area contributed by atoms with E-state index in [-0.39, 0.29) is 0 Å². The van der Waals surface area contributed by atoms with Crippen molar-refractivity contribution in [3.05, 3.63) is 29.8 Å². The molecule has 1 aromatic carbocycles. The number of likely N-dealkylation sites (N-methyl/N-ethyl adjacent to an activating group) is 1. The smallest absolute Gasteiger partial charge is 0.0437 e. The summed E-state index contributed by atoms with van der Waals surface area (Å²) in [6.07, 6.45) is 6.85. The Morgan fingerprint density at radius 2 is 2.00 bits per heavy atom. The second kappa shape index (κ2) is 6.24. The van der Waals surface area contributed by atoms with Gasteiger partial charge < -0.3 is 10.6 Å². The third-order valence-corrected chi connectivity index (χ3v) is 4.34. The van der Waals surface area contributed by atoms with Crippen LogP contribution in [0.2, 0.25) is 0 Å². The van der Waals surface area contributed by atoms with Gasteiger partial charge in [0.05, 0.1) is 0 Å². The Hall–Kier alpha value is -1.02. The summed E-state index contributed by atoms with van der Waals surface area (Å²) in [7, 11) is 2.20. The minimum absolute atomic E-state index is 0.493. The molecule has 1 unspecified atom stereocenters. The van der Waals surface area contributed by atoms with Gasteiger partial charge in [0.2, 0.25) is 0 Å². The molecular formula is C16H26N2. The molecule has 0 radical (unpaired) electrons. The maximum atomic E-state index is 6.04. The maximum absolute atomic E-state index is 6.04. The fourth-order valence-electron chi connectivity index (χ4n) is 3.22. The van der Waals surface area contributed by atoms with Crippen molar-refractivity contribution in [3.8, 4) is 0 Å². The van der Waals surface area contributed by atoms with Crippen LogP contribution in [-0.2, 0) is 0 Å². The zero-order chi connectivity index (χ0) is 13.0. The Morgan fingerprint density at radius 1 is 1.28 bits per heavy atom. The summed E-state index contributed by atoms with van der Waals surface area (Å²) in [5, 5.41) is 0. The minimum Gasteiger partial charge on any atom is -0.370 e. The molecule has 0 aliphatic heterocycles. The molecule has 100 valence electrons. The van der Waals surface area contributed by atoms with Crippen molar-refractivity contribution in [3.63, 3.8) is 0 Å². The van der Waals surface area contributed by atoms with Crippen molar-refractivity contribution < 1.29 is 0 Å². The highest BCUT2D eigenvalue weighted by molar-refractivity contribution is 5.48. The average Bonchev–Trinajstić information content (AvgIpc) is 2.41. The third-order valence-electron chi connectivity index (χ3n) is 4.34. The van der Waals surface area contributed by atoms with E-state index in [0.29, 0.717) is 6.04 Å². The largest absolute Gasteiger partial charge is 0.370 e. The number of nitrogens with two attached hydrogens (primary N) is 1. The molecule has 2 heteroatoms. The van der Waals surface area contributed by atoms with Gasteiger partial charge in [-0.1, -0.05) is 31.4 Å². The van der Waals surface area contributed by atoms with E-state index in [2.05, 4.69) is 43.1 Å². The number of hydrogen-bond acceptors (Lipinski definition) is 2. The molecule has 1 atom stereocenters. The molecular weight excluding hydrogens is 220 g/mol. The molecule has 2 rings (SSSR count). The standard InChI is InChI=1S/C16H26N2/c1-13-7-6-10-15(11-13)18(2)16(12-17)14-8-4-3-5-9-14/h6-7,10-11,14,16H,3-5,8-9,12,17H2,1-2H3. The Kier molecular flexibility index (Phi) is 4.65. The number of benzene rings is 1. The highest BCUT2D eigenvalue weighted by Crippen LogP contribution is 2.30. The summed E-state index contributed by atoms with van der Waals surface area (Å²) >= 11 is 0. The van der Waals surface area contributed by atoms with Gasteiger partial charge in [-0.2, -0.15) is 0 Å². The lowest BCUT2D eigenvalue weighted by atomic mass is 9.83. The first-order valence-electron chi connectivity index (χ1n) is 7.22. The van der Waals surface area contributed by atoms with Gasteiger partial charge in [0.25, 0.3) is 0 Å². The Balaban J connectivity index is 2.11. The van der Waals surface area contributed by atoms with Crippen molar-refractivity contribution >= 4 is 5.69 Å². The molecule has 0 saturated heterocycles. The van der Waals surface area contributed by atoms with Crippen LogP contribution in [0.15, 0.2) is 24.3 Å². The van der Waals surface area contributed by atoms with Crippen LogP contribution in [-0.4, -0.2) is 19.6 Å². The monoisotopic (exact) mass is 246 g/mol. The summed E-state index contributed by atoms with van der Waals surface area (Å²) in [5.41, 5.74) is 8.66. The zero-order valence-electron chi connectivity index (χ0n) is 11.7. The van der Waals surface area contributed by atoms with Gasteiger partial charge >= 0.3 is 0 Å². The highest BCUT2D eigenvalue weighted by atomic mass is 15.1. The summed E-state index contributed by atoms with van der Waals surface area (Å²) < 4.78 is 0. The van der Waals surface area contributed by atoms with E-state index < -0.39 is 0 Å². The molecule has 0 heterocycles. The predicted octanol–water partition coefficient (Wildman–Crippen LogP) is 3.34. The SMILES string of the molecule is Cc1cccc(N(C)C(CN)C2CCCCC2)c1. The first-order valence-corrected chi connectivity index (χ1v) is 7.22. The van der Waals surface area contributed by atoms with Gasteiger partial charge in [0, 0.05) is 25.3 Å². The molecule has 0 amide bonds. The summed E-state index contributed by atoms with van der Waals surface area (Å²) in [5.74, 6) is 0.772. The average molecular weight is 246 g/mol. The Bertz CT molecular complexity index is 369. The molecule has 0 aromatic heterocycles. The molecule has 2 N–H and O–H groups in total. The van der Waals surface area contributed by atoms with Crippen LogP contribution < -0.4 is 10.6 Å². The lowest BCUT2D eigenvalue weighted by molar-refractivity contribution is 0.302. The summed E-state index contributed by atoms with van der Waals surface area (Å²) in [4.78, 5) is 2.39. The summed E-state index contributed by atoms with van der Waals surface area (Å²) in [6, 6.07) is 9.22. The first kappa shape index (κ1) is 13.4. The van der Waals surface area contributed by atoms with Gasteiger partial charge in [0.15, 0.2) is 0 Å². The van der Waals surface area contributed by atoms with Crippen LogP contribution in [0.1, 0.15) is 37.7 Å². The molecule has 1 aromatic rings. The van der Waals surface area contributed by atoms with E-state index >= 15 is 0 Å². The molecule has 0 bridgehead atoms. The van der Waals surface area contributed by atoms with Gasteiger partial charge in [-0.25, -0.2) is 0 Å². The molecule has 2 nitrogen and oxygen atoms in total. The number of nitrogens with zero attached hydrogens (tertiary/aromatic N) is 1. The van der Waals surface area contributed by atoms with Crippen LogP contribution in [0.4, 0.5) is 5.69 Å². The molecule has 1 aliphatic rings. The van der Waals surface area contributed by atoms with Crippen molar-refractivity contribution in [2.75, 3.05) is 18.5 Å². The normalized spacial score (nSPS) is 18.6. The zero-order valence-corrected chi connectivity index (χ0v) is 11.7. The van der Waals surface area contributed by atoms with E-state index in [9.17, 15) is 0 Å². The number of aryl methyl sites for hydroxylation is 1. The van der Waals surface area contributed by atoms with Crippen LogP contribution in [0.25, 0.3) is 0 Å². The maximum Gasteiger partial charge on any atom is 0.0437 e. The molecule has 0 spiro atoms. The van der Waals surface area contributed by atoms with Gasteiger partial charge in [-0.15, -0.1) is 0 Å². The van der Waals surface area contributed by atoms with E-state index in [1.165, 1.54) is 43.4 Å². The third kappa shape index (κ3) is 3.05. The van der Waals surface area contributed by atoms with E-state index in [4.69, 9.17) is 5.73 Å². The second-order valence-electron chi connectivity index (χ2n) is 5.65. The van der Waals surface area contributed by atoms with Crippen molar-refractivity contribution in [2.45, 2.75) is 45.1 Å². The minimum atomic E-state index is 0.493. The highest BCUT2D eigenvalue weighted by Gasteiger charge is 2.25. The van der Waals surface area contributed by atoms with Crippen LogP contribution in [0.3, 0.4) is 0 Å². The predicted molar refractivity (Wildman–Crippen MR) is 79.0 cm³/mol. The van der Waals surface area contributed by atoms with Crippen molar-refractivity contribution in [2.24, 2.45) is 11.7 Å². The van der Waals surface area contributed by atoms with Crippen molar-refractivity contribution in [1.82, 2.24) is 0 Å². The van der Waals surface area contributed by atoms with Crippen molar-refractivity contribution in [1.29, 1.82) is 0 Å². The topological polar surface area (TPSA) is 29.3 Å². The lowest BCUT2D eigenvalue weighted by Gasteiger charge is -2.37. The number of rotatable bonds is 4. The van der Waals surface area contributed by atoms with E-state index in [1.54, 1.807) is 0 Å². The van der Waals surface area contributed by atoms with Crippen LogP contribution >= 0.6 is 0 Å². The van der Waals surface area contributed by atoms with Crippen LogP contribution in [0.5, 0.6) is 0 Å². The molecule has 1 aliphatic carbocycles. The van der Waals surface area contributed by atoms with Gasteiger partial charge in [0.1, 0.15) is 0 Å². The van der Waals surface area contributed by atoms with E-state index in [0.717, 1.165) is 12.5 Å². The number of anilines is 1. The quantitative estimate of drug-likeness (QED) is 0.883. The summed E-state index contributed by atoms with van der Waals surface area (Å²) in [6.45, 7) is 2.91. The molecule has 1 saturated carbocycles. The first-order chi connectivity index (χ1) is 8.72. The fraction of sp³-hybridized carbons (Fsp3) is 0.625.